The van der Waals surface area contributed by atoms with Crippen molar-refractivity contribution >= 4 is 17.4 Å². The van der Waals surface area contributed by atoms with Crippen molar-refractivity contribution in [2.75, 3.05) is 10.2 Å². The van der Waals surface area contributed by atoms with Crippen LogP contribution in [0.3, 0.4) is 0 Å². The van der Waals surface area contributed by atoms with E-state index in [1.54, 1.807) is 23.1 Å². The summed E-state index contributed by atoms with van der Waals surface area (Å²) in [5.41, 5.74) is 4.11. The van der Waals surface area contributed by atoms with Crippen LogP contribution in [0.5, 0.6) is 5.75 Å². The van der Waals surface area contributed by atoms with Gasteiger partial charge in [0.25, 0.3) is 0 Å². The summed E-state index contributed by atoms with van der Waals surface area (Å²) in [6, 6.07) is 19.6. The van der Waals surface area contributed by atoms with E-state index >= 15 is 0 Å². The number of rotatable bonds is 4. The molecule has 0 aromatic heterocycles. The highest BCUT2D eigenvalue weighted by molar-refractivity contribution is 6.04. The summed E-state index contributed by atoms with van der Waals surface area (Å²) in [7, 11) is 0. The monoisotopic (exact) mass is 362 g/mol. The number of fused-ring (bicyclic) bond motifs is 1. The standard InChI is InChI=1S/C22H19FN2O2/c1-15-10-11-18(27-14-17-7-2-4-8-19(17)23)12-21(15)25-13-16-6-3-5-9-20(16)24-22(25)26/h2-12H,13-14H2,1H3,(H,24,26). The third-order valence-corrected chi connectivity index (χ3v) is 4.66. The molecule has 0 atom stereocenters. The number of amides is 2. The zero-order valence-corrected chi connectivity index (χ0v) is 14.9. The highest BCUT2D eigenvalue weighted by Gasteiger charge is 2.25. The molecule has 3 aromatic carbocycles. The molecule has 4 nitrogen and oxygen atoms in total. The number of nitrogens with zero attached hydrogens (tertiary/aromatic N) is 1. The molecule has 5 heteroatoms. The molecule has 1 aliphatic rings. The molecule has 0 saturated heterocycles. The Morgan fingerprint density at radius 1 is 1.07 bits per heavy atom. The second-order valence-corrected chi connectivity index (χ2v) is 6.50. The minimum absolute atomic E-state index is 0.129. The second-order valence-electron chi connectivity index (χ2n) is 6.50. The van der Waals surface area contributed by atoms with Gasteiger partial charge in [0.05, 0.1) is 12.2 Å². The molecule has 136 valence electrons. The number of hydrogen-bond acceptors (Lipinski definition) is 2. The largest absolute Gasteiger partial charge is 0.489 e. The number of hydrogen-bond donors (Lipinski definition) is 1. The van der Waals surface area contributed by atoms with Crippen LogP contribution in [0, 0.1) is 12.7 Å². The molecule has 1 N–H and O–H groups in total. The predicted octanol–water partition coefficient (Wildman–Crippen LogP) is 5.27. The SMILES string of the molecule is Cc1ccc(OCc2ccccc2F)cc1N1Cc2ccccc2NC1=O. The first-order valence-electron chi connectivity index (χ1n) is 8.75. The van der Waals surface area contributed by atoms with Crippen LogP contribution in [0.4, 0.5) is 20.6 Å². The smallest absolute Gasteiger partial charge is 0.326 e. The van der Waals surface area contributed by atoms with Crippen LogP contribution in [0.15, 0.2) is 66.7 Å². The molecule has 0 fully saturated rings. The van der Waals surface area contributed by atoms with E-state index < -0.39 is 0 Å². The third kappa shape index (κ3) is 3.49. The molecule has 4 rings (SSSR count). The van der Waals surface area contributed by atoms with Gasteiger partial charge in [-0.25, -0.2) is 9.18 Å². The summed E-state index contributed by atoms with van der Waals surface area (Å²) in [5.74, 6) is 0.294. The molecule has 0 radical (unpaired) electrons. The van der Waals surface area contributed by atoms with Crippen molar-refractivity contribution in [2.24, 2.45) is 0 Å². The summed E-state index contributed by atoms with van der Waals surface area (Å²) < 4.78 is 19.5. The maximum atomic E-state index is 13.8. The minimum atomic E-state index is -0.295. The number of anilines is 2. The highest BCUT2D eigenvalue weighted by Crippen LogP contribution is 2.32. The number of carbonyl (C=O) groups is 1. The first kappa shape index (κ1) is 17.1. The second kappa shape index (κ2) is 7.11. The lowest BCUT2D eigenvalue weighted by atomic mass is 10.1. The average Bonchev–Trinajstić information content (AvgIpc) is 2.68. The van der Waals surface area contributed by atoms with Gasteiger partial charge in [0.2, 0.25) is 0 Å². The fourth-order valence-electron chi connectivity index (χ4n) is 3.15. The van der Waals surface area contributed by atoms with E-state index in [1.165, 1.54) is 6.07 Å². The summed E-state index contributed by atoms with van der Waals surface area (Å²) in [4.78, 5) is 14.3. The van der Waals surface area contributed by atoms with Crippen molar-refractivity contribution in [1.29, 1.82) is 0 Å². The fourth-order valence-corrected chi connectivity index (χ4v) is 3.15. The summed E-state index contributed by atoms with van der Waals surface area (Å²) in [5, 5.41) is 2.92. The van der Waals surface area contributed by atoms with E-state index in [1.807, 2.05) is 49.4 Å². The van der Waals surface area contributed by atoms with E-state index in [-0.39, 0.29) is 18.5 Å². The Hall–Kier alpha value is -3.34. The molecular formula is C22H19FN2O2. The lowest BCUT2D eigenvalue weighted by Gasteiger charge is -2.30. The van der Waals surface area contributed by atoms with Crippen LogP contribution in [0.2, 0.25) is 0 Å². The molecule has 0 saturated carbocycles. The van der Waals surface area contributed by atoms with Crippen LogP contribution in [-0.4, -0.2) is 6.03 Å². The lowest BCUT2D eigenvalue weighted by Crippen LogP contribution is -2.39. The quantitative estimate of drug-likeness (QED) is 0.687. The fraction of sp³-hybridized carbons (Fsp3) is 0.136. The van der Waals surface area contributed by atoms with Gasteiger partial charge in [0, 0.05) is 17.3 Å². The Bertz CT molecular complexity index is 1000. The van der Waals surface area contributed by atoms with Gasteiger partial charge in [0.15, 0.2) is 0 Å². The molecule has 3 aromatic rings. The molecule has 0 unspecified atom stereocenters. The van der Waals surface area contributed by atoms with Gasteiger partial charge in [0.1, 0.15) is 18.2 Å². The van der Waals surface area contributed by atoms with Crippen LogP contribution < -0.4 is 15.0 Å². The normalized spacial score (nSPS) is 13.1. The summed E-state index contributed by atoms with van der Waals surface area (Å²) in [6.07, 6.45) is 0. The summed E-state index contributed by atoms with van der Waals surface area (Å²) >= 11 is 0. The number of ether oxygens (including phenoxy) is 1. The van der Waals surface area contributed by atoms with E-state index in [9.17, 15) is 9.18 Å². The molecule has 0 bridgehead atoms. The number of urea groups is 1. The number of nitrogens with one attached hydrogen (secondary N) is 1. The van der Waals surface area contributed by atoms with Crippen molar-refractivity contribution in [2.45, 2.75) is 20.1 Å². The van der Waals surface area contributed by atoms with Crippen LogP contribution in [0.25, 0.3) is 0 Å². The van der Waals surface area contributed by atoms with Gasteiger partial charge in [-0.1, -0.05) is 42.5 Å². The zero-order chi connectivity index (χ0) is 18.8. The number of aryl methyl sites for hydroxylation is 1. The van der Waals surface area contributed by atoms with Gasteiger partial charge < -0.3 is 10.1 Å². The van der Waals surface area contributed by atoms with E-state index in [0.717, 1.165) is 22.5 Å². The Labute approximate surface area is 157 Å². The maximum absolute atomic E-state index is 13.8. The van der Waals surface area contributed by atoms with Gasteiger partial charge in [-0.2, -0.15) is 0 Å². The van der Waals surface area contributed by atoms with Gasteiger partial charge >= 0.3 is 6.03 Å². The van der Waals surface area contributed by atoms with Gasteiger partial charge in [-0.05, 0) is 36.2 Å². The minimum Gasteiger partial charge on any atom is -0.489 e. The summed E-state index contributed by atoms with van der Waals surface area (Å²) in [6.45, 7) is 2.56. The first-order chi connectivity index (χ1) is 13.1. The van der Waals surface area contributed by atoms with Gasteiger partial charge in [-0.3, -0.25) is 4.90 Å². The molecule has 27 heavy (non-hydrogen) atoms. The van der Waals surface area contributed by atoms with E-state index in [2.05, 4.69) is 5.32 Å². The Morgan fingerprint density at radius 2 is 1.85 bits per heavy atom. The van der Waals surface area contributed by atoms with Crippen molar-refractivity contribution in [3.63, 3.8) is 0 Å². The Kier molecular flexibility index (Phi) is 4.50. The predicted molar refractivity (Wildman–Crippen MR) is 104 cm³/mol. The van der Waals surface area contributed by atoms with Crippen molar-refractivity contribution in [3.05, 3.63) is 89.2 Å². The van der Waals surface area contributed by atoms with E-state index in [0.29, 0.717) is 17.9 Å². The topological polar surface area (TPSA) is 41.6 Å². The molecular weight excluding hydrogens is 343 g/mol. The number of para-hydroxylation sites is 1. The lowest BCUT2D eigenvalue weighted by molar-refractivity contribution is 0.256. The third-order valence-electron chi connectivity index (χ3n) is 4.66. The molecule has 2 amide bonds. The average molecular weight is 362 g/mol. The van der Waals surface area contributed by atoms with E-state index in [4.69, 9.17) is 4.74 Å². The number of halogens is 1. The molecule has 0 aliphatic carbocycles. The van der Waals surface area contributed by atoms with Gasteiger partial charge in [-0.15, -0.1) is 0 Å². The van der Waals surface area contributed by atoms with Crippen LogP contribution in [0.1, 0.15) is 16.7 Å². The first-order valence-corrected chi connectivity index (χ1v) is 8.75. The van der Waals surface area contributed by atoms with Crippen LogP contribution in [-0.2, 0) is 13.2 Å². The molecule has 1 aliphatic heterocycles. The van der Waals surface area contributed by atoms with Crippen LogP contribution >= 0.6 is 0 Å². The number of benzene rings is 3. The van der Waals surface area contributed by atoms with Crippen molar-refractivity contribution < 1.29 is 13.9 Å². The van der Waals surface area contributed by atoms with Crippen molar-refractivity contribution in [3.8, 4) is 5.75 Å². The Balaban J connectivity index is 1.58. The maximum Gasteiger partial charge on any atom is 0.326 e. The Morgan fingerprint density at radius 3 is 2.70 bits per heavy atom. The zero-order valence-electron chi connectivity index (χ0n) is 14.9. The molecule has 1 heterocycles. The number of carbonyl (C=O) groups excluding carboxylic acids is 1. The molecule has 0 spiro atoms. The van der Waals surface area contributed by atoms with Crippen molar-refractivity contribution in [1.82, 2.24) is 0 Å². The highest BCUT2D eigenvalue weighted by atomic mass is 19.1.